The summed E-state index contributed by atoms with van der Waals surface area (Å²) in [6, 6.07) is 0. The van der Waals surface area contributed by atoms with Gasteiger partial charge in [-0.2, -0.15) is 0 Å². The van der Waals surface area contributed by atoms with Crippen molar-refractivity contribution in [2.45, 2.75) is 47.5 Å². The Morgan fingerprint density at radius 3 is 1.78 bits per heavy atom. The molecular weight excluding hydrogens is 108 g/mol. The molecule has 0 radical (unpaired) electrons. The number of rotatable bonds is 2. The predicted molar refractivity (Wildman–Crippen MR) is 45.7 cm³/mol. The third kappa shape index (κ3) is 11.4. The Morgan fingerprint density at radius 2 is 1.67 bits per heavy atom. The van der Waals surface area contributed by atoms with E-state index in [1.807, 2.05) is 13.8 Å². The lowest BCUT2D eigenvalue weighted by Crippen LogP contribution is -1.67. The minimum Gasteiger partial charge on any atom is -0.0859 e. The maximum Gasteiger partial charge on any atom is -0.0352 e. The van der Waals surface area contributed by atoms with Gasteiger partial charge in [-0.05, 0) is 19.8 Å². The third-order valence-electron chi connectivity index (χ3n) is 1.11. The van der Waals surface area contributed by atoms with Gasteiger partial charge in [0, 0.05) is 0 Å². The van der Waals surface area contributed by atoms with Crippen molar-refractivity contribution >= 4 is 0 Å². The molecule has 0 amide bonds. The number of hydrogen-bond donors (Lipinski definition) is 0. The SMILES string of the molecule is CC.CC/C=C(\C)CC. The van der Waals surface area contributed by atoms with Crippen molar-refractivity contribution in [1.82, 2.24) is 0 Å². The molecule has 0 spiro atoms. The lowest BCUT2D eigenvalue weighted by Gasteiger charge is -1.88. The Bertz CT molecular complexity index is 60.4. The first-order valence-electron chi connectivity index (χ1n) is 3.96. The lowest BCUT2D eigenvalue weighted by atomic mass is 10.2. The Morgan fingerprint density at radius 1 is 1.22 bits per heavy atom. The summed E-state index contributed by atoms with van der Waals surface area (Å²) in [4.78, 5) is 0. The highest BCUT2D eigenvalue weighted by atomic mass is 13.8. The lowest BCUT2D eigenvalue weighted by molar-refractivity contribution is 1.06. The fourth-order valence-electron chi connectivity index (χ4n) is 0.493. The standard InChI is InChI=1S/C7H14.C2H6/c1-4-6-7(3)5-2;1-2/h6H,4-5H2,1-3H3;1-2H3/b7-6+;. The molecule has 0 aliphatic heterocycles. The second-order valence-electron chi connectivity index (χ2n) is 1.81. The minimum absolute atomic E-state index is 1.18. The fraction of sp³-hybridized carbons (Fsp3) is 0.778. The van der Waals surface area contributed by atoms with Gasteiger partial charge in [0.2, 0.25) is 0 Å². The quantitative estimate of drug-likeness (QED) is 0.496. The second-order valence-corrected chi connectivity index (χ2v) is 1.81. The molecule has 0 aliphatic rings. The summed E-state index contributed by atoms with van der Waals surface area (Å²) in [7, 11) is 0. The Hall–Kier alpha value is -0.260. The zero-order valence-electron chi connectivity index (χ0n) is 7.49. The van der Waals surface area contributed by atoms with Crippen LogP contribution in [-0.4, -0.2) is 0 Å². The van der Waals surface area contributed by atoms with Gasteiger partial charge in [-0.25, -0.2) is 0 Å². The van der Waals surface area contributed by atoms with Gasteiger partial charge in [0.15, 0.2) is 0 Å². The van der Waals surface area contributed by atoms with Crippen LogP contribution in [0.4, 0.5) is 0 Å². The Labute approximate surface area is 60.0 Å². The van der Waals surface area contributed by atoms with Crippen LogP contribution in [0.2, 0.25) is 0 Å². The highest BCUT2D eigenvalue weighted by Crippen LogP contribution is 1.97. The summed E-state index contributed by atoms with van der Waals surface area (Å²) in [5.74, 6) is 0. The van der Waals surface area contributed by atoms with E-state index in [1.165, 1.54) is 18.4 Å². The normalized spacial score (nSPS) is 10.1. The molecule has 0 heteroatoms. The van der Waals surface area contributed by atoms with E-state index >= 15 is 0 Å². The molecule has 0 saturated carbocycles. The van der Waals surface area contributed by atoms with Crippen molar-refractivity contribution < 1.29 is 0 Å². The van der Waals surface area contributed by atoms with Gasteiger partial charge in [0.25, 0.3) is 0 Å². The molecule has 0 aromatic rings. The molecule has 0 bridgehead atoms. The molecular formula is C9H20. The zero-order valence-corrected chi connectivity index (χ0v) is 7.49. The average molecular weight is 128 g/mol. The van der Waals surface area contributed by atoms with Crippen molar-refractivity contribution in [3.05, 3.63) is 11.6 Å². The van der Waals surface area contributed by atoms with E-state index in [0.29, 0.717) is 0 Å². The van der Waals surface area contributed by atoms with Crippen LogP contribution in [0.5, 0.6) is 0 Å². The number of hydrogen-bond acceptors (Lipinski definition) is 0. The minimum atomic E-state index is 1.18. The van der Waals surface area contributed by atoms with E-state index in [-0.39, 0.29) is 0 Å². The van der Waals surface area contributed by atoms with E-state index in [0.717, 1.165) is 0 Å². The first-order valence-corrected chi connectivity index (χ1v) is 3.96. The van der Waals surface area contributed by atoms with Crippen LogP contribution < -0.4 is 0 Å². The monoisotopic (exact) mass is 128 g/mol. The Balaban J connectivity index is 0. The largest absolute Gasteiger partial charge is 0.0859 e. The van der Waals surface area contributed by atoms with E-state index in [9.17, 15) is 0 Å². The highest BCUT2D eigenvalue weighted by molar-refractivity contribution is 4.95. The molecule has 0 saturated heterocycles. The second kappa shape index (κ2) is 10.7. The molecule has 0 heterocycles. The van der Waals surface area contributed by atoms with Crippen molar-refractivity contribution in [3.63, 3.8) is 0 Å². The van der Waals surface area contributed by atoms with Crippen LogP contribution in [0.1, 0.15) is 47.5 Å². The van der Waals surface area contributed by atoms with Gasteiger partial charge in [-0.1, -0.05) is 39.3 Å². The molecule has 0 unspecified atom stereocenters. The summed E-state index contributed by atoms with van der Waals surface area (Å²) in [6.45, 7) is 10.5. The van der Waals surface area contributed by atoms with Crippen LogP contribution in [0, 0.1) is 0 Å². The maximum absolute atomic E-state index is 2.26. The Kier molecular flexibility index (Phi) is 13.7. The summed E-state index contributed by atoms with van der Waals surface area (Å²) >= 11 is 0. The highest BCUT2D eigenvalue weighted by Gasteiger charge is 1.76. The van der Waals surface area contributed by atoms with Crippen molar-refractivity contribution in [3.8, 4) is 0 Å². The van der Waals surface area contributed by atoms with Gasteiger partial charge in [-0.3, -0.25) is 0 Å². The van der Waals surface area contributed by atoms with Gasteiger partial charge in [0.1, 0.15) is 0 Å². The fourth-order valence-corrected chi connectivity index (χ4v) is 0.493. The summed E-state index contributed by atoms with van der Waals surface area (Å²) in [5.41, 5.74) is 1.50. The van der Waals surface area contributed by atoms with Crippen LogP contribution in [0.25, 0.3) is 0 Å². The molecule has 0 N–H and O–H groups in total. The van der Waals surface area contributed by atoms with Gasteiger partial charge in [0.05, 0.1) is 0 Å². The van der Waals surface area contributed by atoms with Gasteiger partial charge in [-0.15, -0.1) is 0 Å². The van der Waals surface area contributed by atoms with Crippen LogP contribution in [0.15, 0.2) is 11.6 Å². The van der Waals surface area contributed by atoms with Crippen LogP contribution in [-0.2, 0) is 0 Å². The maximum atomic E-state index is 2.26. The van der Waals surface area contributed by atoms with E-state index in [1.54, 1.807) is 0 Å². The van der Waals surface area contributed by atoms with E-state index in [2.05, 4.69) is 26.8 Å². The number of allylic oxidation sites excluding steroid dienone is 2. The third-order valence-corrected chi connectivity index (χ3v) is 1.11. The van der Waals surface area contributed by atoms with Gasteiger partial charge >= 0.3 is 0 Å². The zero-order chi connectivity index (χ0) is 7.70. The van der Waals surface area contributed by atoms with Crippen LogP contribution >= 0.6 is 0 Å². The summed E-state index contributed by atoms with van der Waals surface area (Å²) in [5, 5.41) is 0. The summed E-state index contributed by atoms with van der Waals surface area (Å²) < 4.78 is 0. The van der Waals surface area contributed by atoms with Crippen LogP contribution in [0.3, 0.4) is 0 Å². The van der Waals surface area contributed by atoms with Crippen molar-refractivity contribution in [2.75, 3.05) is 0 Å². The molecule has 0 aromatic heterocycles. The molecule has 0 nitrogen and oxygen atoms in total. The average Bonchev–Trinajstić information content (AvgIpc) is 1.93. The topological polar surface area (TPSA) is 0 Å². The predicted octanol–water partition coefficient (Wildman–Crippen LogP) is 3.78. The molecule has 0 aromatic carbocycles. The molecule has 56 valence electrons. The summed E-state index contributed by atoms with van der Waals surface area (Å²) in [6.07, 6.45) is 4.65. The first kappa shape index (κ1) is 11.5. The molecule has 0 aliphatic carbocycles. The van der Waals surface area contributed by atoms with Crippen molar-refractivity contribution in [2.24, 2.45) is 0 Å². The van der Waals surface area contributed by atoms with E-state index in [4.69, 9.17) is 0 Å². The molecule has 0 fully saturated rings. The molecule has 0 rings (SSSR count). The van der Waals surface area contributed by atoms with Gasteiger partial charge < -0.3 is 0 Å². The molecule has 9 heavy (non-hydrogen) atoms. The smallest absolute Gasteiger partial charge is 0.0352 e. The van der Waals surface area contributed by atoms with Crippen molar-refractivity contribution in [1.29, 1.82) is 0 Å². The molecule has 0 atom stereocenters. The van der Waals surface area contributed by atoms with E-state index < -0.39 is 0 Å². The first-order chi connectivity index (χ1) is 4.31.